The molecule has 0 aliphatic heterocycles. The topological polar surface area (TPSA) is 8.17 Å². The van der Waals surface area contributed by atoms with Crippen molar-refractivity contribution in [3.63, 3.8) is 0 Å². The Morgan fingerprint density at radius 3 is 2.07 bits per heavy atom. The van der Waals surface area contributed by atoms with E-state index in [0.29, 0.717) is 0 Å². The van der Waals surface area contributed by atoms with Crippen molar-refractivity contribution < 1.29 is 0 Å². The van der Waals surface area contributed by atoms with Crippen molar-refractivity contribution >= 4 is 43.8 Å². The molecule has 2 heteroatoms. The van der Waals surface area contributed by atoms with Crippen molar-refractivity contribution in [2.24, 2.45) is 0 Å². The lowest BCUT2D eigenvalue weighted by atomic mass is 9.98. The van der Waals surface area contributed by atoms with Gasteiger partial charge in [0.1, 0.15) is 0 Å². The number of anilines is 1. The Kier molecular flexibility index (Phi) is 6.94. The molecule has 7 aromatic rings. The van der Waals surface area contributed by atoms with Crippen LogP contribution in [0.2, 0.25) is 0 Å². The summed E-state index contributed by atoms with van der Waals surface area (Å²) in [5.41, 5.74) is 9.37. The third-order valence-corrected chi connectivity index (χ3v) is 8.14. The molecule has 0 aliphatic rings. The molecule has 1 heterocycles. The van der Waals surface area contributed by atoms with Gasteiger partial charge in [-0.05, 0) is 69.9 Å². The summed E-state index contributed by atoms with van der Waals surface area (Å²) in [6.07, 6.45) is 8.14. The summed E-state index contributed by atoms with van der Waals surface area (Å²) in [4.78, 5) is 2.12. The minimum absolute atomic E-state index is 1.10. The lowest BCUT2D eigenvalue weighted by molar-refractivity contribution is 1.18. The lowest BCUT2D eigenvalue weighted by Gasteiger charge is -2.14. The Morgan fingerprint density at radius 1 is 0.674 bits per heavy atom. The highest BCUT2D eigenvalue weighted by molar-refractivity contribution is 6.17. The minimum Gasteiger partial charge on any atom is -0.351 e. The second kappa shape index (κ2) is 11.3. The highest BCUT2D eigenvalue weighted by Crippen LogP contribution is 2.39. The average Bonchev–Trinajstić information content (AvgIpc) is 3.39. The molecule has 206 valence electrons. The molecule has 43 heavy (non-hydrogen) atoms. The van der Waals surface area contributed by atoms with E-state index in [2.05, 4.69) is 175 Å². The van der Waals surface area contributed by atoms with Crippen LogP contribution in [0.5, 0.6) is 0 Å². The van der Waals surface area contributed by atoms with E-state index in [4.69, 9.17) is 0 Å². The van der Waals surface area contributed by atoms with Crippen molar-refractivity contribution in [3.8, 4) is 16.8 Å². The molecule has 0 amide bonds. The van der Waals surface area contributed by atoms with E-state index in [0.717, 1.165) is 22.5 Å². The van der Waals surface area contributed by atoms with Crippen molar-refractivity contribution in [2.45, 2.75) is 0 Å². The second-order valence-corrected chi connectivity index (χ2v) is 10.8. The van der Waals surface area contributed by atoms with Crippen LogP contribution in [0.1, 0.15) is 5.56 Å². The van der Waals surface area contributed by atoms with Gasteiger partial charge in [0.25, 0.3) is 0 Å². The second-order valence-electron chi connectivity index (χ2n) is 10.8. The standard InChI is InChI=1S/C41H32N2/c1-3-13-30(26-27-42(2)35-16-6-4-7-17-35)31-22-24-32(25-23-31)37-20-12-21-38-39-28-33-14-10-11-15-34(33)29-40(39)43(41(37)38)36-18-8-5-9-19-36/h3-29H,1H2,2H3/b27-26-,30-13+. The molecule has 6 aromatic carbocycles. The van der Waals surface area contributed by atoms with Crippen LogP contribution >= 0.6 is 0 Å². The summed E-state index contributed by atoms with van der Waals surface area (Å²) in [7, 11) is 2.07. The number of fused-ring (bicyclic) bond motifs is 4. The largest absolute Gasteiger partial charge is 0.351 e. The molecule has 0 radical (unpaired) electrons. The minimum atomic E-state index is 1.10. The molecular weight excluding hydrogens is 520 g/mol. The summed E-state index contributed by atoms with van der Waals surface area (Å²) < 4.78 is 2.42. The number of benzene rings is 6. The van der Waals surface area contributed by atoms with Gasteiger partial charge in [-0.2, -0.15) is 0 Å². The van der Waals surface area contributed by atoms with E-state index >= 15 is 0 Å². The molecular formula is C41H32N2. The van der Waals surface area contributed by atoms with Gasteiger partial charge in [-0.15, -0.1) is 0 Å². The number of para-hydroxylation sites is 3. The van der Waals surface area contributed by atoms with Gasteiger partial charge in [-0.3, -0.25) is 0 Å². The zero-order valence-electron chi connectivity index (χ0n) is 24.2. The van der Waals surface area contributed by atoms with E-state index < -0.39 is 0 Å². The molecule has 0 saturated heterocycles. The third kappa shape index (κ3) is 4.94. The van der Waals surface area contributed by atoms with Crippen LogP contribution in [0.25, 0.3) is 55.0 Å². The van der Waals surface area contributed by atoms with Crippen molar-refractivity contribution in [1.29, 1.82) is 0 Å². The fourth-order valence-electron chi connectivity index (χ4n) is 5.99. The summed E-state index contributed by atoms with van der Waals surface area (Å²) in [5.74, 6) is 0. The number of nitrogens with zero attached hydrogens (tertiary/aromatic N) is 2. The molecule has 0 atom stereocenters. The van der Waals surface area contributed by atoms with Gasteiger partial charge in [0.2, 0.25) is 0 Å². The van der Waals surface area contributed by atoms with Crippen molar-refractivity contribution in [1.82, 2.24) is 4.57 Å². The van der Waals surface area contributed by atoms with E-state index in [1.54, 1.807) is 0 Å². The molecule has 0 unspecified atom stereocenters. The smallest absolute Gasteiger partial charge is 0.0619 e. The molecule has 7 rings (SSSR count). The fourth-order valence-corrected chi connectivity index (χ4v) is 5.99. The number of hydrogen-bond acceptors (Lipinski definition) is 1. The Bertz CT molecular complexity index is 2130. The van der Waals surface area contributed by atoms with Crippen LogP contribution in [0.4, 0.5) is 5.69 Å². The first-order valence-corrected chi connectivity index (χ1v) is 14.6. The maximum Gasteiger partial charge on any atom is 0.0619 e. The van der Waals surface area contributed by atoms with Gasteiger partial charge in [0.15, 0.2) is 0 Å². The van der Waals surface area contributed by atoms with Crippen LogP contribution < -0.4 is 4.90 Å². The molecule has 0 fully saturated rings. The maximum atomic E-state index is 3.96. The third-order valence-electron chi connectivity index (χ3n) is 8.14. The fraction of sp³-hybridized carbons (Fsp3) is 0.0244. The Morgan fingerprint density at radius 2 is 1.35 bits per heavy atom. The summed E-state index contributed by atoms with van der Waals surface area (Å²) >= 11 is 0. The van der Waals surface area contributed by atoms with Gasteiger partial charge in [0, 0.05) is 41.0 Å². The van der Waals surface area contributed by atoms with Crippen LogP contribution in [-0.2, 0) is 0 Å². The van der Waals surface area contributed by atoms with Gasteiger partial charge < -0.3 is 9.47 Å². The monoisotopic (exact) mass is 552 g/mol. The molecule has 0 aliphatic carbocycles. The highest BCUT2D eigenvalue weighted by atomic mass is 15.1. The lowest BCUT2D eigenvalue weighted by Crippen LogP contribution is -2.07. The predicted octanol–water partition coefficient (Wildman–Crippen LogP) is 10.8. The van der Waals surface area contributed by atoms with Crippen molar-refractivity contribution in [3.05, 3.63) is 176 Å². The maximum absolute atomic E-state index is 3.96. The zero-order chi connectivity index (χ0) is 29.2. The van der Waals surface area contributed by atoms with E-state index in [9.17, 15) is 0 Å². The SMILES string of the molecule is C=C/C=C(\C=C/N(C)c1ccccc1)c1ccc(-c2cccc3c4cc5ccccc5cc4n(-c4ccccc4)c23)cc1. The number of rotatable bonds is 7. The van der Waals surface area contributed by atoms with Crippen LogP contribution in [0.15, 0.2) is 171 Å². The molecule has 0 saturated carbocycles. The van der Waals surface area contributed by atoms with Gasteiger partial charge >= 0.3 is 0 Å². The Balaban J connectivity index is 1.35. The molecule has 1 aromatic heterocycles. The zero-order valence-corrected chi connectivity index (χ0v) is 24.2. The van der Waals surface area contributed by atoms with E-state index in [-0.39, 0.29) is 0 Å². The first-order chi connectivity index (χ1) is 21.2. The Labute approximate surface area is 252 Å². The number of aromatic nitrogens is 1. The van der Waals surface area contributed by atoms with Gasteiger partial charge in [0.05, 0.1) is 11.0 Å². The summed E-state index contributed by atoms with van der Waals surface area (Å²) in [6.45, 7) is 3.96. The molecule has 0 spiro atoms. The van der Waals surface area contributed by atoms with Crippen LogP contribution in [0.3, 0.4) is 0 Å². The first-order valence-electron chi connectivity index (χ1n) is 14.6. The van der Waals surface area contributed by atoms with Crippen molar-refractivity contribution in [2.75, 3.05) is 11.9 Å². The van der Waals surface area contributed by atoms with Gasteiger partial charge in [-0.1, -0.05) is 122 Å². The summed E-state index contributed by atoms with van der Waals surface area (Å²) in [6, 6.07) is 49.9. The Hall–Kier alpha value is -5.60. The average molecular weight is 553 g/mol. The molecule has 2 nitrogen and oxygen atoms in total. The quantitative estimate of drug-likeness (QED) is 0.179. The normalized spacial score (nSPS) is 12.0. The predicted molar refractivity (Wildman–Crippen MR) is 186 cm³/mol. The highest BCUT2D eigenvalue weighted by Gasteiger charge is 2.17. The first kappa shape index (κ1) is 26.3. The van der Waals surface area contributed by atoms with E-state index in [1.807, 2.05) is 12.1 Å². The molecule has 0 N–H and O–H groups in total. The van der Waals surface area contributed by atoms with E-state index in [1.165, 1.54) is 43.7 Å². The van der Waals surface area contributed by atoms with Crippen LogP contribution in [0, 0.1) is 0 Å². The van der Waals surface area contributed by atoms with Crippen LogP contribution in [-0.4, -0.2) is 11.6 Å². The number of allylic oxidation sites excluding steroid dienone is 4. The summed E-state index contributed by atoms with van der Waals surface area (Å²) in [5, 5.41) is 5.02. The van der Waals surface area contributed by atoms with Gasteiger partial charge in [-0.25, -0.2) is 0 Å². The number of hydrogen-bond donors (Lipinski definition) is 0. The molecule has 0 bridgehead atoms.